The summed E-state index contributed by atoms with van der Waals surface area (Å²) in [5, 5.41) is 9.49. The Bertz CT molecular complexity index is 722. The number of halogens is 1. The van der Waals surface area contributed by atoms with E-state index in [1.54, 1.807) is 13.0 Å². The van der Waals surface area contributed by atoms with Gasteiger partial charge in [0, 0.05) is 30.5 Å². The van der Waals surface area contributed by atoms with Gasteiger partial charge >= 0.3 is 0 Å². The second-order valence-corrected chi connectivity index (χ2v) is 5.39. The van der Waals surface area contributed by atoms with Crippen LogP contribution in [0, 0.1) is 12.7 Å². The van der Waals surface area contributed by atoms with Crippen molar-refractivity contribution < 1.29 is 4.39 Å². The molecular formula is C19H22FN3. The van der Waals surface area contributed by atoms with Gasteiger partial charge in [-0.25, -0.2) is 4.39 Å². The third-order valence-electron chi connectivity index (χ3n) is 3.43. The average molecular weight is 311 g/mol. The van der Waals surface area contributed by atoms with Crippen molar-refractivity contribution in [3.8, 4) is 0 Å². The van der Waals surface area contributed by atoms with Crippen molar-refractivity contribution >= 4 is 17.1 Å². The van der Waals surface area contributed by atoms with E-state index in [2.05, 4.69) is 29.1 Å². The number of anilines is 3. The van der Waals surface area contributed by atoms with Crippen LogP contribution in [0.3, 0.4) is 0 Å². The SMILES string of the molecule is C=C(CC(=C)Nc1ccccc1NC)Nc1ccc(C)c(F)c1. The number of para-hydroxylation sites is 2. The summed E-state index contributed by atoms with van der Waals surface area (Å²) in [6.07, 6.45) is 0.535. The van der Waals surface area contributed by atoms with Crippen molar-refractivity contribution in [2.75, 3.05) is 23.0 Å². The molecule has 0 unspecified atom stereocenters. The van der Waals surface area contributed by atoms with Crippen LogP contribution in [0.1, 0.15) is 12.0 Å². The zero-order chi connectivity index (χ0) is 16.8. The van der Waals surface area contributed by atoms with E-state index in [1.807, 2.05) is 37.4 Å². The van der Waals surface area contributed by atoms with E-state index in [0.717, 1.165) is 22.8 Å². The van der Waals surface area contributed by atoms with Gasteiger partial charge in [-0.05, 0) is 36.8 Å². The van der Waals surface area contributed by atoms with Gasteiger partial charge in [0.15, 0.2) is 0 Å². The summed E-state index contributed by atoms with van der Waals surface area (Å²) in [4.78, 5) is 0. The maximum Gasteiger partial charge on any atom is 0.128 e. The summed E-state index contributed by atoms with van der Waals surface area (Å²) in [7, 11) is 1.87. The molecule has 4 heteroatoms. The fourth-order valence-electron chi connectivity index (χ4n) is 2.22. The molecule has 0 atom stereocenters. The third-order valence-corrected chi connectivity index (χ3v) is 3.43. The summed E-state index contributed by atoms with van der Waals surface area (Å²) in [5.41, 5.74) is 4.80. The zero-order valence-corrected chi connectivity index (χ0v) is 13.5. The number of hydrogen-bond donors (Lipinski definition) is 3. The van der Waals surface area contributed by atoms with E-state index < -0.39 is 0 Å². The van der Waals surface area contributed by atoms with Gasteiger partial charge in [-0.1, -0.05) is 31.4 Å². The molecule has 0 aliphatic carbocycles. The Labute approximate surface area is 136 Å². The molecule has 2 rings (SSSR count). The molecule has 2 aromatic carbocycles. The van der Waals surface area contributed by atoms with E-state index in [4.69, 9.17) is 0 Å². The van der Waals surface area contributed by atoms with Crippen LogP contribution in [-0.2, 0) is 0 Å². The first-order valence-electron chi connectivity index (χ1n) is 7.42. The molecule has 0 aliphatic rings. The van der Waals surface area contributed by atoms with Gasteiger partial charge in [-0.3, -0.25) is 0 Å². The summed E-state index contributed by atoms with van der Waals surface area (Å²) in [6.45, 7) is 9.74. The van der Waals surface area contributed by atoms with Gasteiger partial charge < -0.3 is 16.0 Å². The third kappa shape index (κ3) is 4.61. The number of aryl methyl sites for hydroxylation is 1. The van der Waals surface area contributed by atoms with Gasteiger partial charge in [-0.2, -0.15) is 0 Å². The second kappa shape index (κ2) is 7.49. The van der Waals surface area contributed by atoms with E-state index in [9.17, 15) is 4.39 Å². The Hall–Kier alpha value is -2.75. The van der Waals surface area contributed by atoms with Crippen LogP contribution in [0.15, 0.2) is 67.0 Å². The van der Waals surface area contributed by atoms with Gasteiger partial charge in [0.05, 0.1) is 11.4 Å². The van der Waals surface area contributed by atoms with Crippen LogP contribution in [0.5, 0.6) is 0 Å². The van der Waals surface area contributed by atoms with Gasteiger partial charge in [0.2, 0.25) is 0 Å². The summed E-state index contributed by atoms with van der Waals surface area (Å²) >= 11 is 0. The van der Waals surface area contributed by atoms with Gasteiger partial charge in [0.25, 0.3) is 0 Å². The monoisotopic (exact) mass is 311 g/mol. The molecule has 0 fully saturated rings. The number of nitrogens with one attached hydrogen (secondary N) is 3. The first-order chi connectivity index (χ1) is 11.0. The molecule has 3 nitrogen and oxygen atoms in total. The predicted octanol–water partition coefficient (Wildman–Crippen LogP) is 5.12. The van der Waals surface area contributed by atoms with Crippen LogP contribution >= 0.6 is 0 Å². The lowest BCUT2D eigenvalue weighted by molar-refractivity contribution is 0.619. The highest BCUT2D eigenvalue weighted by atomic mass is 19.1. The lowest BCUT2D eigenvalue weighted by atomic mass is 10.2. The lowest BCUT2D eigenvalue weighted by Gasteiger charge is -2.16. The van der Waals surface area contributed by atoms with E-state index in [0.29, 0.717) is 17.7 Å². The molecule has 120 valence electrons. The minimum absolute atomic E-state index is 0.234. The van der Waals surface area contributed by atoms with Crippen LogP contribution < -0.4 is 16.0 Å². The van der Waals surface area contributed by atoms with Gasteiger partial charge in [0.1, 0.15) is 5.82 Å². The van der Waals surface area contributed by atoms with Crippen molar-refractivity contribution in [3.05, 3.63) is 78.4 Å². The Kier molecular flexibility index (Phi) is 5.41. The smallest absolute Gasteiger partial charge is 0.128 e. The Morgan fingerprint density at radius 3 is 2.30 bits per heavy atom. The van der Waals surface area contributed by atoms with Crippen LogP contribution in [-0.4, -0.2) is 7.05 Å². The normalized spacial score (nSPS) is 10.0. The Balaban J connectivity index is 1.94. The van der Waals surface area contributed by atoms with Crippen molar-refractivity contribution in [1.82, 2.24) is 0 Å². The Morgan fingerprint density at radius 1 is 1.00 bits per heavy atom. The lowest BCUT2D eigenvalue weighted by Crippen LogP contribution is -2.06. The zero-order valence-electron chi connectivity index (χ0n) is 13.5. The molecule has 0 saturated carbocycles. The highest BCUT2D eigenvalue weighted by molar-refractivity contribution is 5.70. The molecule has 23 heavy (non-hydrogen) atoms. The molecule has 3 N–H and O–H groups in total. The largest absolute Gasteiger partial charge is 0.386 e. The molecular weight excluding hydrogens is 289 g/mol. The average Bonchev–Trinajstić information content (AvgIpc) is 2.51. The first-order valence-corrected chi connectivity index (χ1v) is 7.42. The highest BCUT2D eigenvalue weighted by Crippen LogP contribution is 2.23. The molecule has 0 radical (unpaired) electrons. The Morgan fingerprint density at radius 2 is 1.65 bits per heavy atom. The molecule has 0 bridgehead atoms. The van der Waals surface area contributed by atoms with E-state index in [-0.39, 0.29) is 5.82 Å². The fraction of sp³-hybridized carbons (Fsp3) is 0.158. The van der Waals surface area contributed by atoms with Crippen molar-refractivity contribution in [3.63, 3.8) is 0 Å². The molecule has 0 aliphatic heterocycles. The van der Waals surface area contributed by atoms with Crippen LogP contribution in [0.4, 0.5) is 21.5 Å². The second-order valence-electron chi connectivity index (χ2n) is 5.39. The van der Waals surface area contributed by atoms with E-state index in [1.165, 1.54) is 6.07 Å². The fourth-order valence-corrected chi connectivity index (χ4v) is 2.22. The first kappa shape index (κ1) is 16.6. The van der Waals surface area contributed by atoms with Crippen molar-refractivity contribution in [2.45, 2.75) is 13.3 Å². The van der Waals surface area contributed by atoms with Crippen molar-refractivity contribution in [2.24, 2.45) is 0 Å². The molecule has 0 amide bonds. The minimum Gasteiger partial charge on any atom is -0.386 e. The number of rotatable bonds is 7. The van der Waals surface area contributed by atoms with E-state index >= 15 is 0 Å². The highest BCUT2D eigenvalue weighted by Gasteiger charge is 2.05. The maximum absolute atomic E-state index is 13.6. The maximum atomic E-state index is 13.6. The quantitative estimate of drug-likeness (QED) is 0.664. The topological polar surface area (TPSA) is 36.1 Å². The van der Waals surface area contributed by atoms with Crippen LogP contribution in [0.2, 0.25) is 0 Å². The summed E-state index contributed by atoms with van der Waals surface area (Å²) in [5.74, 6) is -0.234. The number of benzene rings is 2. The molecule has 2 aromatic rings. The standard InChI is InChI=1S/C19H22FN3/c1-13-9-10-16(12-17(13)20)22-14(2)11-15(3)23-19-8-6-5-7-18(19)21-4/h5-10,12,21-23H,2-3,11H2,1,4H3. The molecule has 0 aromatic heterocycles. The molecule has 0 saturated heterocycles. The number of hydrogen-bond acceptors (Lipinski definition) is 3. The summed E-state index contributed by atoms with van der Waals surface area (Å²) < 4.78 is 13.6. The summed E-state index contributed by atoms with van der Waals surface area (Å²) in [6, 6.07) is 12.9. The minimum atomic E-state index is -0.234. The van der Waals surface area contributed by atoms with Crippen LogP contribution in [0.25, 0.3) is 0 Å². The molecule has 0 heterocycles. The van der Waals surface area contributed by atoms with Crippen molar-refractivity contribution in [1.29, 1.82) is 0 Å². The molecule has 0 spiro atoms. The predicted molar refractivity (Wildman–Crippen MR) is 97.3 cm³/mol. The van der Waals surface area contributed by atoms with Gasteiger partial charge in [-0.15, -0.1) is 0 Å².